The third kappa shape index (κ3) is 5.59. The highest BCUT2D eigenvalue weighted by atomic mass is 16.5. The number of rotatable bonds is 10. The first kappa shape index (κ1) is 27.7. The zero-order valence-corrected chi connectivity index (χ0v) is 23.0. The van der Waals surface area contributed by atoms with E-state index >= 15 is 0 Å². The van der Waals surface area contributed by atoms with Crippen LogP contribution in [0.1, 0.15) is 57.9 Å². The van der Waals surface area contributed by atoms with Crippen LogP contribution in [0.3, 0.4) is 0 Å². The SMILES string of the molecule is CCCN1C(=O)c2c(C(=O)NCc3ccc(OC)cc3OC)ncn2C[C@@]1(C)C(=O)NCc1ccc(C)cc1. The molecule has 0 radical (unpaired) electrons. The number of nitrogens with one attached hydrogen (secondary N) is 2. The quantitative estimate of drug-likeness (QED) is 0.414. The van der Waals surface area contributed by atoms with E-state index in [4.69, 9.17) is 9.47 Å². The summed E-state index contributed by atoms with van der Waals surface area (Å²) in [6, 6.07) is 13.2. The predicted molar refractivity (Wildman–Crippen MR) is 146 cm³/mol. The molecule has 0 saturated heterocycles. The van der Waals surface area contributed by atoms with Crippen molar-refractivity contribution in [3.63, 3.8) is 0 Å². The van der Waals surface area contributed by atoms with Crippen LogP contribution in [0.4, 0.5) is 0 Å². The fourth-order valence-corrected chi connectivity index (χ4v) is 4.76. The van der Waals surface area contributed by atoms with Gasteiger partial charge in [-0.15, -0.1) is 0 Å². The molecule has 2 aromatic carbocycles. The summed E-state index contributed by atoms with van der Waals surface area (Å²) in [6.45, 7) is 6.77. The summed E-state index contributed by atoms with van der Waals surface area (Å²) in [7, 11) is 3.11. The van der Waals surface area contributed by atoms with Crippen molar-refractivity contribution >= 4 is 17.7 Å². The van der Waals surface area contributed by atoms with Crippen LogP contribution in [0, 0.1) is 6.92 Å². The molecular formula is C29H35N5O5. The number of amides is 3. The monoisotopic (exact) mass is 533 g/mol. The Kier molecular flexibility index (Phi) is 8.23. The van der Waals surface area contributed by atoms with E-state index < -0.39 is 17.4 Å². The molecule has 2 heterocycles. The molecule has 1 atom stereocenters. The Balaban J connectivity index is 1.53. The van der Waals surface area contributed by atoms with Crippen LogP contribution < -0.4 is 20.1 Å². The average molecular weight is 534 g/mol. The average Bonchev–Trinajstić information content (AvgIpc) is 3.37. The first-order valence-corrected chi connectivity index (χ1v) is 12.9. The molecule has 10 nitrogen and oxygen atoms in total. The van der Waals surface area contributed by atoms with Crippen molar-refractivity contribution in [1.29, 1.82) is 0 Å². The number of nitrogens with zero attached hydrogens (tertiary/aromatic N) is 3. The number of aryl methyl sites for hydroxylation is 1. The molecule has 0 spiro atoms. The van der Waals surface area contributed by atoms with Crippen LogP contribution in [0.5, 0.6) is 11.5 Å². The number of benzene rings is 2. The van der Waals surface area contributed by atoms with Gasteiger partial charge in [0.05, 0.1) is 27.1 Å². The van der Waals surface area contributed by atoms with E-state index in [0.29, 0.717) is 31.0 Å². The molecule has 206 valence electrons. The van der Waals surface area contributed by atoms with Gasteiger partial charge >= 0.3 is 0 Å². The molecule has 0 bridgehead atoms. The van der Waals surface area contributed by atoms with Gasteiger partial charge in [0.2, 0.25) is 5.91 Å². The van der Waals surface area contributed by atoms with Crippen molar-refractivity contribution in [2.24, 2.45) is 0 Å². The number of hydrogen-bond donors (Lipinski definition) is 2. The molecule has 1 aliphatic rings. The Hall–Kier alpha value is -4.34. The van der Waals surface area contributed by atoms with E-state index in [1.165, 1.54) is 6.33 Å². The van der Waals surface area contributed by atoms with Crippen LogP contribution in [0.25, 0.3) is 0 Å². The molecule has 39 heavy (non-hydrogen) atoms. The first-order valence-electron chi connectivity index (χ1n) is 12.9. The lowest BCUT2D eigenvalue weighted by Crippen LogP contribution is -2.64. The van der Waals surface area contributed by atoms with Crippen molar-refractivity contribution in [2.75, 3.05) is 20.8 Å². The summed E-state index contributed by atoms with van der Waals surface area (Å²) in [5.74, 6) is 0.0539. The summed E-state index contributed by atoms with van der Waals surface area (Å²) in [4.78, 5) is 46.2. The molecule has 3 amide bonds. The molecular weight excluding hydrogens is 498 g/mol. The highest BCUT2D eigenvalue weighted by Gasteiger charge is 2.48. The van der Waals surface area contributed by atoms with Gasteiger partial charge in [-0.25, -0.2) is 4.98 Å². The third-order valence-corrected chi connectivity index (χ3v) is 7.02. The van der Waals surface area contributed by atoms with E-state index in [1.807, 2.05) is 38.1 Å². The summed E-state index contributed by atoms with van der Waals surface area (Å²) in [5.41, 5.74) is 1.91. The van der Waals surface area contributed by atoms with Crippen molar-refractivity contribution in [3.05, 3.63) is 76.9 Å². The maximum atomic E-state index is 13.7. The summed E-state index contributed by atoms with van der Waals surface area (Å²) >= 11 is 0. The fourth-order valence-electron chi connectivity index (χ4n) is 4.76. The van der Waals surface area contributed by atoms with Crippen molar-refractivity contribution < 1.29 is 23.9 Å². The zero-order chi connectivity index (χ0) is 28.2. The van der Waals surface area contributed by atoms with Crippen LogP contribution in [-0.2, 0) is 24.4 Å². The summed E-state index contributed by atoms with van der Waals surface area (Å²) in [6.07, 6.45) is 2.10. The van der Waals surface area contributed by atoms with Gasteiger partial charge < -0.3 is 29.6 Å². The molecule has 2 N–H and O–H groups in total. The Morgan fingerprint density at radius 2 is 1.79 bits per heavy atom. The van der Waals surface area contributed by atoms with Gasteiger partial charge in [0.25, 0.3) is 11.8 Å². The van der Waals surface area contributed by atoms with E-state index in [9.17, 15) is 14.4 Å². The Labute approximate surface area is 228 Å². The molecule has 1 aromatic heterocycles. The number of imidazole rings is 1. The number of aromatic nitrogens is 2. The molecule has 1 aliphatic heterocycles. The van der Waals surface area contributed by atoms with E-state index in [0.717, 1.165) is 16.7 Å². The predicted octanol–water partition coefficient (Wildman–Crippen LogP) is 3.08. The smallest absolute Gasteiger partial charge is 0.273 e. The van der Waals surface area contributed by atoms with Gasteiger partial charge in [-0.2, -0.15) is 0 Å². The number of ether oxygens (including phenoxy) is 2. The third-order valence-electron chi connectivity index (χ3n) is 7.02. The molecule has 0 fully saturated rings. The molecule has 0 saturated carbocycles. The van der Waals surface area contributed by atoms with Gasteiger partial charge in [0.1, 0.15) is 22.7 Å². The normalized spacial score (nSPS) is 16.4. The summed E-state index contributed by atoms with van der Waals surface area (Å²) < 4.78 is 12.2. The Morgan fingerprint density at radius 1 is 1.05 bits per heavy atom. The highest BCUT2D eigenvalue weighted by Crippen LogP contribution is 2.30. The second kappa shape index (κ2) is 11.6. The second-order valence-electron chi connectivity index (χ2n) is 9.83. The highest BCUT2D eigenvalue weighted by molar-refractivity contribution is 6.07. The zero-order valence-electron chi connectivity index (χ0n) is 23.0. The van der Waals surface area contributed by atoms with Crippen LogP contribution in [-0.4, -0.2) is 58.5 Å². The van der Waals surface area contributed by atoms with Crippen LogP contribution >= 0.6 is 0 Å². The number of methoxy groups -OCH3 is 2. The van der Waals surface area contributed by atoms with Crippen molar-refractivity contribution in [2.45, 2.75) is 52.4 Å². The van der Waals surface area contributed by atoms with Crippen molar-refractivity contribution in [3.8, 4) is 11.5 Å². The fraction of sp³-hybridized carbons (Fsp3) is 0.379. The number of carbonyl (C=O) groups excluding carboxylic acids is 3. The van der Waals surface area contributed by atoms with Crippen LogP contribution in [0.2, 0.25) is 0 Å². The largest absolute Gasteiger partial charge is 0.497 e. The first-order chi connectivity index (χ1) is 18.7. The molecule has 4 rings (SSSR count). The number of carbonyl (C=O) groups is 3. The molecule has 0 unspecified atom stereocenters. The minimum atomic E-state index is -1.14. The lowest BCUT2D eigenvalue weighted by molar-refractivity contribution is -0.133. The minimum Gasteiger partial charge on any atom is -0.497 e. The standard InChI is InChI=1S/C29H35N5O5/c1-6-13-34-27(36)25-24(26(35)30-16-21-11-12-22(38-4)14-23(21)39-5)32-18-33(25)17-29(34,3)28(37)31-15-20-9-7-19(2)8-10-20/h7-12,14,18H,6,13,15-17H2,1-5H3,(H,30,35)(H,31,37)/t29-/m0/s1. The lowest BCUT2D eigenvalue weighted by Gasteiger charge is -2.43. The summed E-state index contributed by atoms with van der Waals surface area (Å²) in [5, 5.41) is 5.82. The van der Waals surface area contributed by atoms with Crippen molar-refractivity contribution in [1.82, 2.24) is 25.1 Å². The molecule has 10 heteroatoms. The van der Waals surface area contributed by atoms with Gasteiger partial charge in [-0.05, 0) is 38.0 Å². The van der Waals surface area contributed by atoms with Crippen LogP contribution in [0.15, 0.2) is 48.8 Å². The molecule has 3 aromatic rings. The van der Waals surface area contributed by atoms with Gasteiger partial charge in [0, 0.05) is 31.3 Å². The Bertz CT molecular complexity index is 1370. The maximum Gasteiger partial charge on any atom is 0.273 e. The lowest BCUT2D eigenvalue weighted by atomic mass is 9.93. The molecule has 0 aliphatic carbocycles. The topological polar surface area (TPSA) is 115 Å². The van der Waals surface area contributed by atoms with E-state index in [2.05, 4.69) is 15.6 Å². The van der Waals surface area contributed by atoms with Gasteiger partial charge in [-0.3, -0.25) is 14.4 Å². The minimum absolute atomic E-state index is 0.0238. The number of hydrogen-bond acceptors (Lipinski definition) is 6. The number of fused-ring (bicyclic) bond motifs is 1. The second-order valence-corrected chi connectivity index (χ2v) is 9.83. The Morgan fingerprint density at radius 3 is 2.46 bits per heavy atom. The van der Waals surface area contributed by atoms with Gasteiger partial charge in [0.15, 0.2) is 5.69 Å². The van der Waals surface area contributed by atoms with E-state index in [1.54, 1.807) is 48.8 Å². The van der Waals surface area contributed by atoms with Gasteiger partial charge in [-0.1, -0.05) is 36.8 Å². The maximum absolute atomic E-state index is 13.7. The van der Waals surface area contributed by atoms with E-state index in [-0.39, 0.29) is 30.4 Å².